The van der Waals surface area contributed by atoms with Crippen molar-refractivity contribution in [2.75, 3.05) is 39.6 Å². The molecule has 0 aromatic heterocycles. The van der Waals surface area contributed by atoms with Gasteiger partial charge >= 0.3 is 39.5 Å². The number of aliphatic hydroxyl groups excluding tert-OH is 1. The first-order valence-corrected chi connectivity index (χ1v) is 50.5. The van der Waals surface area contributed by atoms with Gasteiger partial charge in [0, 0.05) is 25.7 Å². The molecular formula is C92H180O17P2. The van der Waals surface area contributed by atoms with Crippen LogP contribution < -0.4 is 0 Å². The standard InChI is InChI=1S/C92H180O17P2/c1-8-12-13-14-15-16-17-18-19-24-32-37-42-47-52-61-69-76-92(97)109-88(80-103-90(95)74-67-60-55-54-58-65-72-85(7)11-4)82-107-111(100,101)105-78-86(93)77-104-110(98,99)106-81-87(108-91(96)75-68-62-53-48-43-38-33-28-23-21-26-30-35-40-45-50-57-64-71-84(6)10-3)79-102-89(94)73-66-59-51-46-41-36-31-27-22-20-25-29-34-39-44-49-56-63-70-83(5)9-2/h83-88,93H,8-82H2,1-7H3,(H,98,99)(H,100,101)/t83?,84?,85?,86-,87-,88-/m1/s1. The van der Waals surface area contributed by atoms with E-state index in [0.717, 1.165) is 114 Å². The third-order valence-corrected chi connectivity index (χ3v) is 24.6. The fourth-order valence-corrected chi connectivity index (χ4v) is 15.9. The lowest BCUT2D eigenvalue weighted by Gasteiger charge is -2.21. The summed E-state index contributed by atoms with van der Waals surface area (Å²) in [5.74, 6) is 0.377. The number of rotatable bonds is 90. The summed E-state index contributed by atoms with van der Waals surface area (Å²) < 4.78 is 69.1. The molecule has 8 atom stereocenters. The third kappa shape index (κ3) is 81.6. The number of carbonyl (C=O) groups is 4. The van der Waals surface area contributed by atoms with Crippen molar-refractivity contribution in [2.45, 2.75) is 510 Å². The van der Waals surface area contributed by atoms with Crippen molar-refractivity contribution < 1.29 is 80.2 Å². The average molecular weight is 1620 g/mol. The Kier molecular flexibility index (Phi) is 80.4. The van der Waals surface area contributed by atoms with Crippen LogP contribution in [0.4, 0.5) is 0 Å². The molecule has 0 aliphatic heterocycles. The maximum absolute atomic E-state index is 13.2. The van der Waals surface area contributed by atoms with Crippen LogP contribution >= 0.6 is 15.6 Å². The lowest BCUT2D eigenvalue weighted by Crippen LogP contribution is -2.30. The Labute approximate surface area is 683 Å². The molecule has 0 saturated heterocycles. The zero-order valence-electron chi connectivity index (χ0n) is 73.4. The smallest absolute Gasteiger partial charge is 0.462 e. The summed E-state index contributed by atoms with van der Waals surface area (Å²) in [4.78, 5) is 73.4. The van der Waals surface area contributed by atoms with E-state index in [1.807, 2.05) is 0 Å². The summed E-state index contributed by atoms with van der Waals surface area (Å²) >= 11 is 0. The van der Waals surface area contributed by atoms with E-state index in [0.29, 0.717) is 25.7 Å². The number of hydrogen-bond donors (Lipinski definition) is 3. The summed E-state index contributed by atoms with van der Waals surface area (Å²) in [7, 11) is -9.94. The SMILES string of the molecule is CCCCCCCCCCCCCCCCCCCC(=O)O[C@H](COC(=O)CCCCCCCCC(C)CC)COP(=O)(O)OC[C@H](O)COP(=O)(O)OC[C@@H](COC(=O)CCCCCCCCCCCCCCCCCCCCC(C)CC)OC(=O)CCCCCCCCCCCCCCCCCCCCC(C)CC. The van der Waals surface area contributed by atoms with Gasteiger partial charge in [0.25, 0.3) is 0 Å². The number of hydrogen-bond acceptors (Lipinski definition) is 15. The number of esters is 4. The Morgan fingerprint density at radius 1 is 0.252 bits per heavy atom. The van der Waals surface area contributed by atoms with Gasteiger partial charge in [-0.3, -0.25) is 37.3 Å². The minimum atomic E-state index is -4.97. The highest BCUT2D eigenvalue weighted by atomic mass is 31.2. The van der Waals surface area contributed by atoms with Crippen LogP contribution in [0.2, 0.25) is 0 Å². The molecule has 5 unspecified atom stereocenters. The van der Waals surface area contributed by atoms with Crippen LogP contribution in [-0.2, 0) is 65.4 Å². The highest BCUT2D eigenvalue weighted by Gasteiger charge is 2.31. The predicted molar refractivity (Wildman–Crippen MR) is 460 cm³/mol. The molecule has 19 heteroatoms. The van der Waals surface area contributed by atoms with Gasteiger partial charge < -0.3 is 33.8 Å². The summed E-state index contributed by atoms with van der Waals surface area (Å²) in [5.41, 5.74) is 0. The predicted octanol–water partition coefficient (Wildman–Crippen LogP) is 28.4. The first kappa shape index (κ1) is 109. The van der Waals surface area contributed by atoms with E-state index in [4.69, 9.17) is 37.0 Å². The van der Waals surface area contributed by atoms with E-state index >= 15 is 0 Å². The van der Waals surface area contributed by atoms with Crippen molar-refractivity contribution in [3.63, 3.8) is 0 Å². The van der Waals surface area contributed by atoms with Crippen molar-refractivity contribution in [1.29, 1.82) is 0 Å². The topological polar surface area (TPSA) is 237 Å². The number of unbranched alkanes of at least 4 members (excludes halogenated alkanes) is 55. The first-order valence-electron chi connectivity index (χ1n) is 47.5. The summed E-state index contributed by atoms with van der Waals surface area (Å²) in [6.45, 7) is 12.1. The Hall–Kier alpha value is -1.94. The fourth-order valence-electron chi connectivity index (χ4n) is 14.3. The van der Waals surface area contributed by atoms with Gasteiger partial charge in [0.15, 0.2) is 12.2 Å². The highest BCUT2D eigenvalue weighted by Crippen LogP contribution is 2.45. The van der Waals surface area contributed by atoms with Crippen LogP contribution in [0.3, 0.4) is 0 Å². The summed E-state index contributed by atoms with van der Waals surface area (Å²) in [5, 5.41) is 10.7. The van der Waals surface area contributed by atoms with Crippen molar-refractivity contribution in [3.05, 3.63) is 0 Å². The van der Waals surface area contributed by atoms with Gasteiger partial charge in [0.05, 0.1) is 26.4 Å². The molecule has 0 fully saturated rings. The molecule has 0 heterocycles. The average Bonchev–Trinajstić information content (AvgIpc) is 0.899. The van der Waals surface area contributed by atoms with Gasteiger partial charge in [0.1, 0.15) is 19.3 Å². The molecule has 3 N–H and O–H groups in total. The number of ether oxygens (including phenoxy) is 4. The summed E-state index contributed by atoms with van der Waals surface area (Å²) in [6, 6.07) is 0. The minimum Gasteiger partial charge on any atom is -0.462 e. The highest BCUT2D eigenvalue weighted by molar-refractivity contribution is 7.47. The van der Waals surface area contributed by atoms with E-state index < -0.39 is 97.5 Å². The second-order valence-electron chi connectivity index (χ2n) is 33.8. The van der Waals surface area contributed by atoms with Crippen molar-refractivity contribution in [1.82, 2.24) is 0 Å². The zero-order valence-corrected chi connectivity index (χ0v) is 75.2. The number of aliphatic hydroxyl groups is 1. The molecule has 0 amide bonds. The van der Waals surface area contributed by atoms with Crippen LogP contribution in [0.5, 0.6) is 0 Å². The molecule has 0 saturated carbocycles. The lowest BCUT2D eigenvalue weighted by molar-refractivity contribution is -0.161. The quantitative estimate of drug-likeness (QED) is 0.0222. The molecule has 0 aliphatic carbocycles. The van der Waals surface area contributed by atoms with E-state index in [-0.39, 0.29) is 25.7 Å². The largest absolute Gasteiger partial charge is 0.472 e. The molecule has 17 nitrogen and oxygen atoms in total. The second kappa shape index (κ2) is 81.8. The van der Waals surface area contributed by atoms with Crippen molar-refractivity contribution in [2.24, 2.45) is 17.8 Å². The second-order valence-corrected chi connectivity index (χ2v) is 36.7. The van der Waals surface area contributed by atoms with Crippen LogP contribution in [-0.4, -0.2) is 96.7 Å². The van der Waals surface area contributed by atoms with E-state index in [9.17, 15) is 43.2 Å². The normalized spacial score (nSPS) is 14.5. The lowest BCUT2D eigenvalue weighted by atomic mass is 9.99. The third-order valence-electron chi connectivity index (χ3n) is 22.7. The molecule has 0 spiro atoms. The van der Waals surface area contributed by atoms with E-state index in [2.05, 4.69) is 48.5 Å². The van der Waals surface area contributed by atoms with Gasteiger partial charge in [-0.2, -0.15) is 0 Å². The van der Waals surface area contributed by atoms with Gasteiger partial charge in [-0.1, -0.05) is 440 Å². The van der Waals surface area contributed by atoms with Crippen molar-refractivity contribution in [3.8, 4) is 0 Å². The molecule has 111 heavy (non-hydrogen) atoms. The molecular weight excluding hydrogens is 1440 g/mol. The van der Waals surface area contributed by atoms with Crippen LogP contribution in [0.25, 0.3) is 0 Å². The maximum atomic E-state index is 13.2. The molecule has 0 aliphatic rings. The first-order chi connectivity index (χ1) is 53.8. The van der Waals surface area contributed by atoms with Crippen LogP contribution in [0.1, 0.15) is 492 Å². The van der Waals surface area contributed by atoms with Crippen molar-refractivity contribution >= 4 is 39.5 Å². The number of carbonyl (C=O) groups excluding carboxylic acids is 4. The molecule has 0 aromatic rings. The number of phosphoric ester groups is 2. The van der Waals surface area contributed by atoms with Gasteiger partial charge in [-0.25, -0.2) is 9.13 Å². The summed E-state index contributed by atoms with van der Waals surface area (Å²) in [6.07, 6.45) is 75.1. The Bertz CT molecular complexity index is 2140. The van der Waals surface area contributed by atoms with E-state index in [1.165, 1.54) is 295 Å². The molecule has 0 radical (unpaired) electrons. The van der Waals surface area contributed by atoms with Crippen LogP contribution in [0, 0.1) is 17.8 Å². The van der Waals surface area contributed by atoms with E-state index in [1.54, 1.807) is 0 Å². The maximum Gasteiger partial charge on any atom is 0.472 e. The monoisotopic (exact) mass is 1620 g/mol. The Morgan fingerprint density at radius 3 is 0.640 bits per heavy atom. The minimum absolute atomic E-state index is 0.108. The van der Waals surface area contributed by atoms with Gasteiger partial charge in [-0.05, 0) is 43.4 Å². The van der Waals surface area contributed by atoms with Gasteiger partial charge in [-0.15, -0.1) is 0 Å². The Morgan fingerprint density at radius 2 is 0.432 bits per heavy atom. The molecule has 0 bridgehead atoms. The molecule has 660 valence electrons. The molecule has 0 rings (SSSR count). The van der Waals surface area contributed by atoms with Crippen LogP contribution in [0.15, 0.2) is 0 Å². The van der Waals surface area contributed by atoms with Gasteiger partial charge in [0.2, 0.25) is 0 Å². The zero-order chi connectivity index (χ0) is 81.5. The molecule has 0 aromatic carbocycles. The fraction of sp³-hybridized carbons (Fsp3) is 0.957. The number of phosphoric acid groups is 2. The Balaban J connectivity index is 5.22.